The summed E-state index contributed by atoms with van der Waals surface area (Å²) in [5.74, 6) is 0.408. The minimum atomic E-state index is -1.27. The molecule has 7 heteroatoms. The van der Waals surface area contributed by atoms with Crippen LogP contribution < -0.4 is 14.8 Å². The molecule has 0 spiro atoms. The molecule has 2 aromatic rings. The van der Waals surface area contributed by atoms with E-state index in [9.17, 15) is 14.4 Å². The highest BCUT2D eigenvalue weighted by Gasteiger charge is 2.49. The lowest BCUT2D eigenvalue weighted by molar-refractivity contribution is -0.130. The maximum absolute atomic E-state index is 13.1. The third-order valence-corrected chi connectivity index (χ3v) is 5.95. The average Bonchev–Trinajstić information content (AvgIpc) is 3.42. The maximum atomic E-state index is 13.1. The first kappa shape index (κ1) is 17.7. The van der Waals surface area contributed by atoms with E-state index in [1.165, 1.54) is 11.1 Å². The van der Waals surface area contributed by atoms with Crippen molar-refractivity contribution < 1.29 is 23.9 Å². The van der Waals surface area contributed by atoms with Crippen molar-refractivity contribution in [2.24, 2.45) is 0 Å². The molecule has 1 N–H and O–H groups in total. The first-order chi connectivity index (χ1) is 14.0. The number of rotatable bonds is 4. The van der Waals surface area contributed by atoms with Crippen molar-refractivity contribution in [1.82, 2.24) is 10.2 Å². The Morgan fingerprint density at radius 1 is 1.07 bits per heavy atom. The standard InChI is InChI=1S/C22H20N2O5/c1-22(16-7-8-18-19(10-16)29-12-28-18)20(26)24(21(27)23-22)11-17(25)15-6-5-13-3-2-4-14(13)9-15/h5-10H,2-4,11-12H2,1H3,(H,23,27). The van der Waals surface area contributed by atoms with Gasteiger partial charge in [-0.2, -0.15) is 0 Å². The molecular formula is C22H20N2O5. The zero-order valence-corrected chi connectivity index (χ0v) is 16.0. The van der Waals surface area contributed by atoms with Crippen LogP contribution in [-0.4, -0.2) is 36.0 Å². The second kappa shape index (κ2) is 6.34. The Morgan fingerprint density at radius 2 is 1.86 bits per heavy atom. The van der Waals surface area contributed by atoms with Gasteiger partial charge in [0, 0.05) is 5.56 Å². The molecule has 0 bridgehead atoms. The number of ether oxygens (including phenoxy) is 2. The van der Waals surface area contributed by atoms with Gasteiger partial charge in [0.25, 0.3) is 5.91 Å². The van der Waals surface area contributed by atoms with E-state index in [-0.39, 0.29) is 19.1 Å². The van der Waals surface area contributed by atoms with Gasteiger partial charge in [0.1, 0.15) is 5.54 Å². The summed E-state index contributed by atoms with van der Waals surface area (Å²) in [6.45, 7) is 1.46. The van der Waals surface area contributed by atoms with Crippen LogP contribution >= 0.6 is 0 Å². The van der Waals surface area contributed by atoms with Gasteiger partial charge >= 0.3 is 6.03 Å². The van der Waals surface area contributed by atoms with Gasteiger partial charge in [-0.1, -0.05) is 18.2 Å². The van der Waals surface area contributed by atoms with Crippen molar-refractivity contribution in [2.75, 3.05) is 13.3 Å². The Kier molecular flexibility index (Phi) is 3.87. The number of benzene rings is 2. The largest absolute Gasteiger partial charge is 0.454 e. The zero-order chi connectivity index (χ0) is 20.2. The summed E-state index contributed by atoms with van der Waals surface area (Å²) in [5, 5.41) is 2.72. The fourth-order valence-corrected chi connectivity index (χ4v) is 4.22. The van der Waals surface area contributed by atoms with Crippen molar-refractivity contribution >= 4 is 17.7 Å². The third kappa shape index (κ3) is 2.76. The predicted molar refractivity (Wildman–Crippen MR) is 103 cm³/mol. The summed E-state index contributed by atoms with van der Waals surface area (Å²) in [4.78, 5) is 39.4. The Hall–Kier alpha value is -3.35. The molecule has 0 saturated carbocycles. The van der Waals surface area contributed by atoms with E-state index in [1.54, 1.807) is 31.2 Å². The van der Waals surface area contributed by atoms with Gasteiger partial charge in [-0.05, 0) is 61.1 Å². The van der Waals surface area contributed by atoms with Crippen molar-refractivity contribution in [2.45, 2.75) is 31.7 Å². The van der Waals surface area contributed by atoms with Gasteiger partial charge in [-0.3, -0.25) is 14.5 Å². The number of hydrogen-bond donors (Lipinski definition) is 1. The molecule has 148 valence electrons. The molecule has 1 unspecified atom stereocenters. The second-order valence-corrected chi connectivity index (χ2v) is 7.77. The van der Waals surface area contributed by atoms with Gasteiger partial charge < -0.3 is 14.8 Å². The number of urea groups is 1. The molecule has 3 amide bonds. The number of carbonyl (C=O) groups excluding carboxylic acids is 3. The Bertz CT molecular complexity index is 1060. The van der Waals surface area contributed by atoms with Gasteiger partial charge in [-0.25, -0.2) is 4.79 Å². The molecule has 5 rings (SSSR count). The highest BCUT2D eigenvalue weighted by Crippen LogP contribution is 2.38. The fourth-order valence-electron chi connectivity index (χ4n) is 4.22. The number of carbonyl (C=O) groups is 3. The third-order valence-electron chi connectivity index (χ3n) is 5.95. The average molecular weight is 392 g/mol. The molecule has 2 aromatic carbocycles. The first-order valence-corrected chi connectivity index (χ1v) is 9.65. The normalized spacial score (nSPS) is 22.0. The van der Waals surface area contributed by atoms with Crippen LogP contribution in [-0.2, 0) is 23.2 Å². The van der Waals surface area contributed by atoms with Gasteiger partial charge in [0.2, 0.25) is 6.79 Å². The summed E-state index contributed by atoms with van der Waals surface area (Å²) in [5.41, 5.74) is 2.29. The molecule has 0 aromatic heterocycles. The van der Waals surface area contributed by atoms with E-state index in [2.05, 4.69) is 5.32 Å². The molecule has 3 aliphatic rings. The minimum absolute atomic E-state index is 0.122. The SMILES string of the molecule is CC1(c2ccc3c(c2)OCO3)NC(=O)N(CC(=O)c2ccc3c(c2)CCC3)C1=O. The number of amides is 3. The van der Waals surface area contributed by atoms with Crippen LogP contribution in [0.2, 0.25) is 0 Å². The highest BCUT2D eigenvalue weighted by molar-refractivity contribution is 6.11. The fraction of sp³-hybridized carbons (Fsp3) is 0.318. The summed E-state index contributed by atoms with van der Waals surface area (Å²) in [6.07, 6.45) is 3.08. The van der Waals surface area contributed by atoms with E-state index in [1.807, 2.05) is 12.1 Å². The zero-order valence-electron chi connectivity index (χ0n) is 16.0. The van der Waals surface area contributed by atoms with Gasteiger partial charge in [0.05, 0.1) is 6.54 Å². The second-order valence-electron chi connectivity index (χ2n) is 7.77. The number of aryl methyl sites for hydroxylation is 2. The number of fused-ring (bicyclic) bond motifs is 2. The molecule has 1 saturated heterocycles. The lowest BCUT2D eigenvalue weighted by atomic mass is 9.91. The first-order valence-electron chi connectivity index (χ1n) is 9.65. The number of imide groups is 1. The predicted octanol–water partition coefficient (Wildman–Crippen LogP) is 2.55. The Morgan fingerprint density at radius 3 is 2.72 bits per heavy atom. The van der Waals surface area contributed by atoms with Crippen LogP contribution in [0.3, 0.4) is 0 Å². The maximum Gasteiger partial charge on any atom is 0.325 e. The highest BCUT2D eigenvalue weighted by atomic mass is 16.7. The van der Waals surface area contributed by atoms with Gasteiger partial charge in [0.15, 0.2) is 17.3 Å². The van der Waals surface area contributed by atoms with Crippen molar-refractivity contribution in [3.8, 4) is 11.5 Å². The van der Waals surface area contributed by atoms with Crippen LogP contribution in [0, 0.1) is 0 Å². The van der Waals surface area contributed by atoms with Crippen molar-refractivity contribution in [1.29, 1.82) is 0 Å². The van der Waals surface area contributed by atoms with Crippen LogP contribution in [0.1, 0.15) is 40.4 Å². The number of Topliss-reactive ketones (excluding diaryl/α,β-unsaturated/α-hetero) is 1. The lowest BCUT2D eigenvalue weighted by Crippen LogP contribution is -2.41. The molecule has 2 heterocycles. The van der Waals surface area contributed by atoms with Crippen LogP contribution in [0.25, 0.3) is 0 Å². The molecule has 2 aliphatic heterocycles. The molecule has 1 atom stereocenters. The monoisotopic (exact) mass is 392 g/mol. The van der Waals surface area contributed by atoms with E-state index >= 15 is 0 Å². The van der Waals surface area contributed by atoms with E-state index in [0.29, 0.717) is 22.6 Å². The summed E-state index contributed by atoms with van der Waals surface area (Å²) in [7, 11) is 0. The minimum Gasteiger partial charge on any atom is -0.454 e. The smallest absolute Gasteiger partial charge is 0.325 e. The summed E-state index contributed by atoms with van der Waals surface area (Å²) < 4.78 is 10.7. The van der Waals surface area contributed by atoms with Crippen LogP contribution in [0.15, 0.2) is 36.4 Å². The topological polar surface area (TPSA) is 84.9 Å². The summed E-state index contributed by atoms with van der Waals surface area (Å²) >= 11 is 0. The van der Waals surface area contributed by atoms with E-state index in [0.717, 1.165) is 24.2 Å². The number of nitrogens with zero attached hydrogens (tertiary/aromatic N) is 1. The quantitative estimate of drug-likeness (QED) is 0.639. The van der Waals surface area contributed by atoms with Crippen molar-refractivity contribution in [3.05, 3.63) is 58.7 Å². The molecule has 7 nitrogen and oxygen atoms in total. The number of ketones is 1. The van der Waals surface area contributed by atoms with Crippen LogP contribution in [0.4, 0.5) is 4.79 Å². The molecule has 0 radical (unpaired) electrons. The van der Waals surface area contributed by atoms with E-state index < -0.39 is 17.5 Å². The van der Waals surface area contributed by atoms with Crippen molar-refractivity contribution in [3.63, 3.8) is 0 Å². The molecular weight excluding hydrogens is 372 g/mol. The lowest BCUT2D eigenvalue weighted by Gasteiger charge is -2.22. The Balaban J connectivity index is 1.38. The molecule has 1 aliphatic carbocycles. The van der Waals surface area contributed by atoms with Gasteiger partial charge in [-0.15, -0.1) is 0 Å². The summed E-state index contributed by atoms with van der Waals surface area (Å²) in [6, 6.07) is 10.2. The molecule has 29 heavy (non-hydrogen) atoms. The van der Waals surface area contributed by atoms with Crippen LogP contribution in [0.5, 0.6) is 11.5 Å². The molecule has 1 fully saturated rings. The van der Waals surface area contributed by atoms with E-state index in [4.69, 9.17) is 9.47 Å². The Labute approximate surface area is 167 Å². The number of hydrogen-bond acceptors (Lipinski definition) is 5. The number of nitrogens with one attached hydrogen (secondary N) is 1.